The molecule has 0 fully saturated rings. The van der Waals surface area contributed by atoms with Crippen molar-refractivity contribution in [1.29, 1.82) is 5.26 Å². The molecule has 0 amide bonds. The second-order valence-corrected chi connectivity index (χ2v) is 4.73. The molecule has 0 aliphatic carbocycles. The number of hydrogen-bond donors (Lipinski definition) is 0. The lowest BCUT2D eigenvalue weighted by atomic mass is 10.2. The van der Waals surface area contributed by atoms with Crippen LogP contribution in [0.4, 0.5) is 8.78 Å². The predicted octanol–water partition coefficient (Wildman–Crippen LogP) is 4.13. The van der Waals surface area contributed by atoms with E-state index < -0.39 is 11.6 Å². The summed E-state index contributed by atoms with van der Waals surface area (Å²) in [7, 11) is 0. The Morgan fingerprint density at radius 1 is 1.06 bits per heavy atom. The van der Waals surface area contributed by atoms with Crippen molar-refractivity contribution in [2.24, 2.45) is 0 Å². The maximum absolute atomic E-state index is 13.0. The number of halogens is 2. The maximum Gasteiger partial charge on any atom is 0.159 e. The van der Waals surface area contributed by atoms with Crippen LogP contribution in [0.1, 0.15) is 11.1 Å². The SMILES string of the molecule is N#Cc1cccc(CSc2ccc(F)c(F)c2)c1. The maximum atomic E-state index is 13.0. The molecule has 4 heteroatoms. The number of benzene rings is 2. The van der Waals surface area contributed by atoms with Gasteiger partial charge in [0.1, 0.15) is 0 Å². The molecule has 0 unspecified atom stereocenters. The minimum atomic E-state index is -0.842. The molecule has 18 heavy (non-hydrogen) atoms. The lowest BCUT2D eigenvalue weighted by molar-refractivity contribution is 0.506. The first kappa shape index (κ1) is 12.6. The van der Waals surface area contributed by atoms with Crippen molar-refractivity contribution in [2.75, 3.05) is 0 Å². The van der Waals surface area contributed by atoms with Gasteiger partial charge in [-0.2, -0.15) is 5.26 Å². The third-order valence-electron chi connectivity index (χ3n) is 2.35. The van der Waals surface area contributed by atoms with E-state index in [9.17, 15) is 8.78 Å². The topological polar surface area (TPSA) is 23.8 Å². The highest BCUT2D eigenvalue weighted by Crippen LogP contribution is 2.24. The normalized spacial score (nSPS) is 10.1. The van der Waals surface area contributed by atoms with Gasteiger partial charge in [-0.15, -0.1) is 11.8 Å². The van der Waals surface area contributed by atoms with E-state index in [1.54, 1.807) is 18.2 Å². The Hall–Kier alpha value is -1.86. The van der Waals surface area contributed by atoms with Crippen LogP contribution in [0.25, 0.3) is 0 Å². The van der Waals surface area contributed by atoms with Crippen LogP contribution in [-0.2, 0) is 5.75 Å². The zero-order valence-electron chi connectivity index (χ0n) is 9.36. The van der Waals surface area contributed by atoms with Crippen LogP contribution < -0.4 is 0 Å². The first-order valence-electron chi connectivity index (χ1n) is 5.26. The Morgan fingerprint density at radius 3 is 2.61 bits per heavy atom. The molecule has 90 valence electrons. The van der Waals surface area contributed by atoms with Crippen molar-refractivity contribution >= 4 is 11.8 Å². The fourth-order valence-corrected chi connectivity index (χ4v) is 2.33. The molecule has 0 saturated heterocycles. The van der Waals surface area contributed by atoms with Gasteiger partial charge in [-0.1, -0.05) is 12.1 Å². The number of nitrogens with zero attached hydrogens (tertiary/aromatic N) is 1. The lowest BCUT2D eigenvalue weighted by Crippen LogP contribution is -1.85. The van der Waals surface area contributed by atoms with Crippen LogP contribution in [0.3, 0.4) is 0 Å². The molecule has 2 aromatic carbocycles. The summed E-state index contributed by atoms with van der Waals surface area (Å²) in [6.07, 6.45) is 0. The fourth-order valence-electron chi connectivity index (χ4n) is 1.46. The molecule has 0 N–H and O–H groups in total. The van der Waals surface area contributed by atoms with Crippen molar-refractivity contribution < 1.29 is 8.78 Å². The summed E-state index contributed by atoms with van der Waals surface area (Å²) in [6.45, 7) is 0. The van der Waals surface area contributed by atoms with Gasteiger partial charge >= 0.3 is 0 Å². The van der Waals surface area contributed by atoms with Gasteiger partial charge in [-0.25, -0.2) is 8.78 Å². The summed E-state index contributed by atoms with van der Waals surface area (Å²) in [4.78, 5) is 0.663. The third kappa shape index (κ3) is 3.08. The Morgan fingerprint density at radius 2 is 1.89 bits per heavy atom. The van der Waals surface area contributed by atoms with Crippen LogP contribution in [0.2, 0.25) is 0 Å². The van der Waals surface area contributed by atoms with Gasteiger partial charge in [0.05, 0.1) is 11.6 Å². The van der Waals surface area contributed by atoms with E-state index >= 15 is 0 Å². The first-order valence-corrected chi connectivity index (χ1v) is 6.24. The highest BCUT2D eigenvalue weighted by molar-refractivity contribution is 7.98. The summed E-state index contributed by atoms with van der Waals surface area (Å²) in [5.41, 5.74) is 1.57. The van der Waals surface area contributed by atoms with E-state index in [0.29, 0.717) is 16.2 Å². The molecule has 0 saturated carbocycles. The molecule has 2 aromatic rings. The number of thioether (sulfide) groups is 1. The Balaban J connectivity index is 2.07. The molecule has 0 aliphatic heterocycles. The van der Waals surface area contributed by atoms with Gasteiger partial charge in [-0.05, 0) is 35.9 Å². The second-order valence-electron chi connectivity index (χ2n) is 3.68. The average Bonchev–Trinajstić information content (AvgIpc) is 2.40. The van der Waals surface area contributed by atoms with Crippen molar-refractivity contribution in [2.45, 2.75) is 10.6 Å². The van der Waals surface area contributed by atoms with Gasteiger partial charge in [-0.3, -0.25) is 0 Å². The fraction of sp³-hybridized carbons (Fsp3) is 0.0714. The molecular weight excluding hydrogens is 252 g/mol. The molecule has 0 atom stereocenters. The predicted molar refractivity (Wildman–Crippen MR) is 67.1 cm³/mol. The van der Waals surface area contributed by atoms with E-state index in [0.717, 1.165) is 11.6 Å². The molecule has 0 aliphatic rings. The Labute approximate surface area is 108 Å². The number of hydrogen-bond acceptors (Lipinski definition) is 2. The molecular formula is C14H9F2NS. The van der Waals surface area contributed by atoms with Crippen molar-refractivity contribution in [3.05, 3.63) is 65.2 Å². The monoisotopic (exact) mass is 261 g/mol. The summed E-state index contributed by atoms with van der Waals surface area (Å²) in [5, 5.41) is 8.77. The first-order chi connectivity index (χ1) is 8.69. The number of nitriles is 1. The highest BCUT2D eigenvalue weighted by Gasteiger charge is 2.03. The minimum absolute atomic E-state index is 0.596. The standard InChI is InChI=1S/C14H9F2NS/c15-13-5-4-12(7-14(13)16)18-9-11-3-1-2-10(6-11)8-17/h1-7H,9H2. The largest absolute Gasteiger partial charge is 0.204 e. The van der Waals surface area contributed by atoms with E-state index in [2.05, 4.69) is 6.07 Å². The Kier molecular flexibility index (Phi) is 3.96. The van der Waals surface area contributed by atoms with E-state index in [1.807, 2.05) is 6.07 Å². The quantitative estimate of drug-likeness (QED) is 0.776. The van der Waals surface area contributed by atoms with Crippen LogP contribution in [0.5, 0.6) is 0 Å². The third-order valence-corrected chi connectivity index (χ3v) is 3.42. The van der Waals surface area contributed by atoms with Crippen LogP contribution in [-0.4, -0.2) is 0 Å². The highest BCUT2D eigenvalue weighted by atomic mass is 32.2. The molecule has 0 bridgehead atoms. The van der Waals surface area contributed by atoms with Crippen molar-refractivity contribution in [3.8, 4) is 6.07 Å². The lowest BCUT2D eigenvalue weighted by Gasteiger charge is -2.03. The van der Waals surface area contributed by atoms with Crippen LogP contribution in [0.15, 0.2) is 47.4 Å². The second kappa shape index (κ2) is 5.65. The summed E-state index contributed by atoms with van der Waals surface area (Å²) in [6, 6.07) is 13.1. The van der Waals surface area contributed by atoms with E-state index in [1.165, 1.54) is 23.9 Å². The van der Waals surface area contributed by atoms with E-state index in [-0.39, 0.29) is 0 Å². The zero-order chi connectivity index (χ0) is 13.0. The van der Waals surface area contributed by atoms with Gasteiger partial charge in [0, 0.05) is 10.6 Å². The van der Waals surface area contributed by atoms with Crippen LogP contribution in [0, 0.1) is 23.0 Å². The summed E-state index contributed by atoms with van der Waals surface area (Å²) >= 11 is 1.40. The zero-order valence-corrected chi connectivity index (χ0v) is 10.2. The minimum Gasteiger partial charge on any atom is -0.204 e. The van der Waals surface area contributed by atoms with Gasteiger partial charge in [0.15, 0.2) is 11.6 Å². The average molecular weight is 261 g/mol. The molecule has 0 aromatic heterocycles. The molecule has 0 spiro atoms. The van der Waals surface area contributed by atoms with Crippen LogP contribution >= 0.6 is 11.8 Å². The van der Waals surface area contributed by atoms with E-state index in [4.69, 9.17) is 5.26 Å². The molecule has 0 heterocycles. The molecule has 2 rings (SSSR count). The smallest absolute Gasteiger partial charge is 0.159 e. The summed E-state index contributed by atoms with van der Waals surface area (Å²) in [5.74, 6) is -1.07. The van der Waals surface area contributed by atoms with Gasteiger partial charge in [0.25, 0.3) is 0 Å². The molecule has 0 radical (unpaired) electrons. The van der Waals surface area contributed by atoms with Crippen molar-refractivity contribution in [3.63, 3.8) is 0 Å². The van der Waals surface area contributed by atoms with Crippen molar-refractivity contribution in [1.82, 2.24) is 0 Å². The van der Waals surface area contributed by atoms with Gasteiger partial charge < -0.3 is 0 Å². The number of rotatable bonds is 3. The Bertz CT molecular complexity index is 605. The summed E-state index contributed by atoms with van der Waals surface area (Å²) < 4.78 is 25.7. The molecule has 1 nitrogen and oxygen atoms in total. The van der Waals surface area contributed by atoms with Gasteiger partial charge in [0.2, 0.25) is 0 Å².